The molecule has 2 N–H and O–H groups in total. The quantitative estimate of drug-likeness (QED) is 0.818. The molecule has 2 amide bonds. The van der Waals surface area contributed by atoms with E-state index in [0.717, 1.165) is 6.42 Å². The summed E-state index contributed by atoms with van der Waals surface area (Å²) in [4.78, 5) is 24.6. The molecule has 1 aromatic rings. The lowest BCUT2D eigenvalue weighted by Gasteiger charge is -2.24. The van der Waals surface area contributed by atoms with Crippen molar-refractivity contribution in [3.05, 3.63) is 18.2 Å². The first-order chi connectivity index (χ1) is 10.3. The summed E-state index contributed by atoms with van der Waals surface area (Å²) in [6, 6.07) is 5.16. The van der Waals surface area contributed by atoms with Crippen molar-refractivity contribution < 1.29 is 19.1 Å². The maximum absolute atomic E-state index is 12.4. The maximum atomic E-state index is 12.4. The van der Waals surface area contributed by atoms with Crippen LogP contribution in [0.5, 0.6) is 11.5 Å². The van der Waals surface area contributed by atoms with Gasteiger partial charge in [0, 0.05) is 17.8 Å². The highest BCUT2D eigenvalue weighted by Gasteiger charge is 2.36. The summed E-state index contributed by atoms with van der Waals surface area (Å²) in [5.41, 5.74) is -0.599. The average molecular weight is 306 g/mol. The molecule has 0 aromatic heterocycles. The molecule has 0 bridgehead atoms. The Hall–Kier alpha value is -2.24. The Morgan fingerprint density at radius 1 is 1.23 bits per heavy atom. The van der Waals surface area contributed by atoms with Crippen LogP contribution in [-0.4, -0.2) is 24.6 Å². The smallest absolute Gasteiger partial charge is 0.239 e. The van der Waals surface area contributed by atoms with Gasteiger partial charge in [-0.2, -0.15) is 0 Å². The highest BCUT2D eigenvalue weighted by atomic mass is 16.7. The number of carbonyl (C=O) groups excluding carboxylic acids is 2. The molecular weight excluding hydrogens is 284 g/mol. The van der Waals surface area contributed by atoms with Gasteiger partial charge < -0.3 is 20.1 Å². The molecule has 6 nitrogen and oxygen atoms in total. The number of anilines is 1. The Morgan fingerprint density at radius 2 is 1.91 bits per heavy atom. The second-order valence-corrected chi connectivity index (χ2v) is 5.93. The van der Waals surface area contributed by atoms with Gasteiger partial charge in [-0.1, -0.05) is 6.92 Å². The van der Waals surface area contributed by atoms with Gasteiger partial charge in [-0.25, -0.2) is 0 Å². The monoisotopic (exact) mass is 306 g/mol. The predicted molar refractivity (Wildman–Crippen MR) is 82.9 cm³/mol. The van der Waals surface area contributed by atoms with E-state index in [1.54, 1.807) is 32.0 Å². The Labute approximate surface area is 130 Å². The first-order valence-electron chi connectivity index (χ1n) is 7.36. The predicted octanol–water partition coefficient (Wildman–Crippen LogP) is 2.29. The van der Waals surface area contributed by atoms with Crippen LogP contribution in [-0.2, 0) is 9.59 Å². The number of benzene rings is 1. The summed E-state index contributed by atoms with van der Waals surface area (Å²) in [6.45, 7) is 7.27. The van der Waals surface area contributed by atoms with Crippen LogP contribution < -0.4 is 20.1 Å². The highest BCUT2D eigenvalue weighted by Crippen LogP contribution is 2.34. The summed E-state index contributed by atoms with van der Waals surface area (Å²) < 4.78 is 10.5. The minimum Gasteiger partial charge on any atom is -0.454 e. The third-order valence-corrected chi connectivity index (χ3v) is 3.76. The summed E-state index contributed by atoms with van der Waals surface area (Å²) in [5, 5.41) is 5.58. The van der Waals surface area contributed by atoms with E-state index in [2.05, 4.69) is 10.6 Å². The molecule has 1 heterocycles. The van der Waals surface area contributed by atoms with E-state index in [0.29, 0.717) is 17.2 Å². The summed E-state index contributed by atoms with van der Waals surface area (Å²) in [5.74, 6) is 0.568. The van der Waals surface area contributed by atoms with E-state index in [9.17, 15) is 9.59 Å². The number of amides is 2. The molecule has 1 atom stereocenters. The summed E-state index contributed by atoms with van der Waals surface area (Å²) in [7, 11) is 0. The SMILES string of the molecule is CCC(C)NC(=O)C(C)(C)C(=O)Nc1ccc2c(c1)OCO2. The van der Waals surface area contributed by atoms with Gasteiger partial charge in [-0.15, -0.1) is 0 Å². The molecule has 1 aliphatic rings. The van der Waals surface area contributed by atoms with Gasteiger partial charge in [-0.05, 0) is 39.3 Å². The Bertz CT molecular complexity index is 584. The first kappa shape index (κ1) is 16.1. The Balaban J connectivity index is 2.05. The molecular formula is C16H22N2O4. The number of hydrogen-bond acceptors (Lipinski definition) is 4. The van der Waals surface area contributed by atoms with Crippen LogP contribution in [0.15, 0.2) is 18.2 Å². The van der Waals surface area contributed by atoms with Crippen molar-refractivity contribution in [3.8, 4) is 11.5 Å². The van der Waals surface area contributed by atoms with Gasteiger partial charge in [-0.3, -0.25) is 9.59 Å². The molecule has 1 aliphatic heterocycles. The lowest BCUT2D eigenvalue weighted by atomic mass is 9.90. The molecule has 0 radical (unpaired) electrons. The van der Waals surface area contributed by atoms with Crippen LogP contribution in [0, 0.1) is 5.41 Å². The van der Waals surface area contributed by atoms with E-state index in [4.69, 9.17) is 9.47 Å². The molecule has 6 heteroatoms. The van der Waals surface area contributed by atoms with Crippen molar-refractivity contribution in [2.75, 3.05) is 12.1 Å². The van der Waals surface area contributed by atoms with Crippen LogP contribution in [0.3, 0.4) is 0 Å². The zero-order valence-electron chi connectivity index (χ0n) is 13.4. The summed E-state index contributed by atoms with van der Waals surface area (Å²) >= 11 is 0. The lowest BCUT2D eigenvalue weighted by Crippen LogP contribution is -2.47. The number of nitrogens with one attached hydrogen (secondary N) is 2. The van der Waals surface area contributed by atoms with E-state index in [-0.39, 0.29) is 24.6 Å². The molecule has 0 saturated heterocycles. The zero-order valence-corrected chi connectivity index (χ0v) is 13.4. The average Bonchev–Trinajstić information content (AvgIpc) is 2.94. The van der Waals surface area contributed by atoms with E-state index < -0.39 is 5.41 Å². The zero-order chi connectivity index (χ0) is 16.3. The van der Waals surface area contributed by atoms with Gasteiger partial charge in [0.25, 0.3) is 0 Å². The standard InChI is InChI=1S/C16H22N2O4/c1-5-10(2)17-14(19)16(3,4)15(20)18-11-6-7-12-13(8-11)22-9-21-12/h6-8,10H,5,9H2,1-4H3,(H,17,19)(H,18,20). The van der Waals surface area contributed by atoms with Crippen LogP contribution in [0.1, 0.15) is 34.1 Å². The lowest BCUT2D eigenvalue weighted by molar-refractivity contribution is -0.138. The van der Waals surface area contributed by atoms with Crippen molar-refractivity contribution in [2.24, 2.45) is 5.41 Å². The number of rotatable bonds is 5. The van der Waals surface area contributed by atoms with Gasteiger partial charge in [0.1, 0.15) is 5.41 Å². The van der Waals surface area contributed by atoms with Crippen LogP contribution in [0.2, 0.25) is 0 Å². The largest absolute Gasteiger partial charge is 0.454 e. The maximum Gasteiger partial charge on any atom is 0.239 e. The fourth-order valence-corrected chi connectivity index (χ4v) is 1.87. The molecule has 0 aliphatic carbocycles. The van der Waals surface area contributed by atoms with Gasteiger partial charge in [0.05, 0.1) is 0 Å². The van der Waals surface area contributed by atoms with E-state index in [1.807, 2.05) is 13.8 Å². The Kier molecular flexibility index (Phi) is 4.59. The number of ether oxygens (including phenoxy) is 2. The number of carbonyl (C=O) groups is 2. The van der Waals surface area contributed by atoms with Crippen molar-refractivity contribution in [1.82, 2.24) is 5.32 Å². The number of hydrogen-bond donors (Lipinski definition) is 2. The summed E-state index contributed by atoms with van der Waals surface area (Å²) in [6.07, 6.45) is 0.811. The van der Waals surface area contributed by atoms with Crippen molar-refractivity contribution in [1.29, 1.82) is 0 Å². The van der Waals surface area contributed by atoms with Gasteiger partial charge in [0.2, 0.25) is 18.6 Å². The fourth-order valence-electron chi connectivity index (χ4n) is 1.87. The van der Waals surface area contributed by atoms with E-state index in [1.165, 1.54) is 0 Å². The van der Waals surface area contributed by atoms with Crippen LogP contribution in [0.4, 0.5) is 5.69 Å². The normalized spacial score (nSPS) is 14.4. The van der Waals surface area contributed by atoms with Crippen LogP contribution >= 0.6 is 0 Å². The molecule has 0 spiro atoms. The Morgan fingerprint density at radius 3 is 2.59 bits per heavy atom. The van der Waals surface area contributed by atoms with Crippen molar-refractivity contribution >= 4 is 17.5 Å². The third kappa shape index (κ3) is 3.32. The minimum absolute atomic E-state index is 0.0325. The molecule has 1 aromatic carbocycles. The molecule has 0 fully saturated rings. The first-order valence-corrected chi connectivity index (χ1v) is 7.36. The molecule has 1 unspecified atom stereocenters. The molecule has 2 rings (SSSR count). The molecule has 120 valence electrons. The highest BCUT2D eigenvalue weighted by molar-refractivity contribution is 6.10. The van der Waals surface area contributed by atoms with Crippen molar-refractivity contribution in [3.63, 3.8) is 0 Å². The fraction of sp³-hybridized carbons (Fsp3) is 0.500. The second-order valence-electron chi connectivity index (χ2n) is 5.93. The number of fused-ring (bicyclic) bond motifs is 1. The van der Waals surface area contributed by atoms with Crippen molar-refractivity contribution in [2.45, 2.75) is 40.2 Å². The molecule has 0 saturated carbocycles. The second kappa shape index (κ2) is 6.25. The third-order valence-electron chi connectivity index (χ3n) is 3.76. The van der Waals surface area contributed by atoms with Gasteiger partial charge in [0.15, 0.2) is 11.5 Å². The van der Waals surface area contributed by atoms with Crippen LogP contribution in [0.25, 0.3) is 0 Å². The van der Waals surface area contributed by atoms with E-state index >= 15 is 0 Å². The molecule has 22 heavy (non-hydrogen) atoms. The topological polar surface area (TPSA) is 76.7 Å². The minimum atomic E-state index is -1.17. The van der Waals surface area contributed by atoms with Gasteiger partial charge >= 0.3 is 0 Å².